The van der Waals surface area contributed by atoms with E-state index in [4.69, 9.17) is 4.74 Å². The zero-order valence-corrected chi connectivity index (χ0v) is 13.5. The standard InChI is InChI=1S/C17H26N2O2/c1-12-5-6-17(21-4)16(11-12)13(2)18-15-7-9-19(10-8-15)14(3)20/h5-6,11,13,15,18H,7-10H2,1-4H3. The van der Waals surface area contributed by atoms with Crippen LogP contribution < -0.4 is 10.1 Å². The summed E-state index contributed by atoms with van der Waals surface area (Å²) in [5, 5.41) is 3.68. The quantitative estimate of drug-likeness (QED) is 0.927. The molecule has 1 aromatic carbocycles. The van der Waals surface area contributed by atoms with Crippen molar-refractivity contribution < 1.29 is 9.53 Å². The lowest BCUT2D eigenvalue weighted by atomic mass is 10.00. The number of methoxy groups -OCH3 is 1. The number of benzene rings is 1. The molecule has 2 rings (SSSR count). The van der Waals surface area contributed by atoms with Gasteiger partial charge in [-0.2, -0.15) is 0 Å². The summed E-state index contributed by atoms with van der Waals surface area (Å²) in [6.07, 6.45) is 2.02. The van der Waals surface area contributed by atoms with Gasteiger partial charge in [-0.1, -0.05) is 17.7 Å². The van der Waals surface area contributed by atoms with Gasteiger partial charge in [0, 0.05) is 37.7 Å². The maximum atomic E-state index is 11.4. The zero-order chi connectivity index (χ0) is 15.4. The van der Waals surface area contributed by atoms with E-state index in [-0.39, 0.29) is 11.9 Å². The second-order valence-electron chi connectivity index (χ2n) is 5.91. The summed E-state index contributed by atoms with van der Waals surface area (Å²) in [4.78, 5) is 13.3. The molecule has 4 heteroatoms. The topological polar surface area (TPSA) is 41.6 Å². The Labute approximate surface area is 127 Å². The predicted molar refractivity (Wildman–Crippen MR) is 84.6 cm³/mol. The van der Waals surface area contributed by atoms with Gasteiger partial charge in [0.2, 0.25) is 5.91 Å². The molecule has 0 bridgehead atoms. The third-order valence-electron chi connectivity index (χ3n) is 4.28. The van der Waals surface area contributed by atoms with Crippen molar-refractivity contribution in [2.24, 2.45) is 0 Å². The first-order valence-electron chi connectivity index (χ1n) is 7.67. The molecule has 4 nitrogen and oxygen atoms in total. The molecular weight excluding hydrogens is 264 g/mol. The first-order valence-corrected chi connectivity index (χ1v) is 7.67. The Morgan fingerprint density at radius 2 is 2.05 bits per heavy atom. The van der Waals surface area contributed by atoms with E-state index in [0.717, 1.165) is 31.7 Å². The van der Waals surface area contributed by atoms with Gasteiger partial charge in [0.1, 0.15) is 5.75 Å². The van der Waals surface area contributed by atoms with Crippen LogP contribution in [-0.4, -0.2) is 37.0 Å². The number of nitrogens with zero attached hydrogens (tertiary/aromatic N) is 1. The van der Waals surface area contributed by atoms with Crippen molar-refractivity contribution in [1.29, 1.82) is 0 Å². The maximum absolute atomic E-state index is 11.4. The van der Waals surface area contributed by atoms with Crippen molar-refractivity contribution in [3.8, 4) is 5.75 Å². The third kappa shape index (κ3) is 3.97. The molecule has 0 aliphatic carbocycles. The van der Waals surface area contributed by atoms with Crippen molar-refractivity contribution >= 4 is 5.91 Å². The van der Waals surface area contributed by atoms with Gasteiger partial charge in [-0.05, 0) is 32.8 Å². The van der Waals surface area contributed by atoms with Crippen LogP contribution in [0, 0.1) is 6.92 Å². The first kappa shape index (κ1) is 15.8. The molecule has 0 spiro atoms. The monoisotopic (exact) mass is 290 g/mol. The average molecular weight is 290 g/mol. The van der Waals surface area contributed by atoms with Crippen LogP contribution >= 0.6 is 0 Å². The molecule has 1 atom stereocenters. The summed E-state index contributed by atoms with van der Waals surface area (Å²) in [5.41, 5.74) is 2.44. The number of ether oxygens (including phenoxy) is 1. The van der Waals surface area contributed by atoms with E-state index in [1.807, 2.05) is 11.0 Å². The smallest absolute Gasteiger partial charge is 0.219 e. The molecule has 1 amide bonds. The Kier molecular flexibility index (Phi) is 5.23. The maximum Gasteiger partial charge on any atom is 0.219 e. The highest BCUT2D eigenvalue weighted by molar-refractivity contribution is 5.73. The minimum atomic E-state index is 0.182. The van der Waals surface area contributed by atoms with Gasteiger partial charge < -0.3 is 15.0 Å². The summed E-state index contributed by atoms with van der Waals surface area (Å²) < 4.78 is 5.47. The van der Waals surface area contributed by atoms with Crippen LogP contribution in [0.25, 0.3) is 0 Å². The van der Waals surface area contributed by atoms with Crippen LogP contribution in [-0.2, 0) is 4.79 Å². The lowest BCUT2D eigenvalue weighted by Gasteiger charge is -2.33. The van der Waals surface area contributed by atoms with E-state index in [1.165, 1.54) is 11.1 Å². The van der Waals surface area contributed by atoms with Gasteiger partial charge in [0.05, 0.1) is 7.11 Å². The largest absolute Gasteiger partial charge is 0.496 e. The normalized spacial score (nSPS) is 17.6. The van der Waals surface area contributed by atoms with Gasteiger partial charge >= 0.3 is 0 Å². The Morgan fingerprint density at radius 1 is 1.38 bits per heavy atom. The van der Waals surface area contributed by atoms with E-state index in [1.54, 1.807) is 14.0 Å². The average Bonchev–Trinajstić information content (AvgIpc) is 2.47. The van der Waals surface area contributed by atoms with Gasteiger partial charge in [-0.3, -0.25) is 4.79 Å². The Hall–Kier alpha value is -1.55. The van der Waals surface area contributed by atoms with Crippen LogP contribution in [0.4, 0.5) is 0 Å². The van der Waals surface area contributed by atoms with Gasteiger partial charge in [-0.15, -0.1) is 0 Å². The molecule has 1 unspecified atom stereocenters. The minimum absolute atomic E-state index is 0.182. The molecule has 1 N–H and O–H groups in total. The Morgan fingerprint density at radius 3 is 2.62 bits per heavy atom. The van der Waals surface area contributed by atoms with Crippen molar-refractivity contribution in [1.82, 2.24) is 10.2 Å². The van der Waals surface area contributed by atoms with E-state index in [0.29, 0.717) is 6.04 Å². The minimum Gasteiger partial charge on any atom is -0.496 e. The number of piperidine rings is 1. The number of hydrogen-bond donors (Lipinski definition) is 1. The Balaban J connectivity index is 1.98. The molecule has 1 saturated heterocycles. The van der Waals surface area contributed by atoms with Crippen LogP contribution in [0.1, 0.15) is 43.9 Å². The van der Waals surface area contributed by atoms with Gasteiger partial charge in [-0.25, -0.2) is 0 Å². The number of likely N-dealkylation sites (tertiary alicyclic amines) is 1. The van der Waals surface area contributed by atoms with Crippen LogP contribution in [0.2, 0.25) is 0 Å². The number of nitrogens with one attached hydrogen (secondary N) is 1. The number of carbonyl (C=O) groups is 1. The molecule has 0 aromatic heterocycles. The highest BCUT2D eigenvalue weighted by Gasteiger charge is 2.23. The first-order chi connectivity index (χ1) is 10.0. The molecule has 0 radical (unpaired) electrons. The summed E-state index contributed by atoms with van der Waals surface area (Å²) in [6, 6.07) is 6.98. The van der Waals surface area contributed by atoms with E-state index >= 15 is 0 Å². The third-order valence-corrected chi connectivity index (χ3v) is 4.28. The molecule has 1 fully saturated rings. The fourth-order valence-corrected chi connectivity index (χ4v) is 3.00. The fourth-order valence-electron chi connectivity index (χ4n) is 3.00. The van der Waals surface area contributed by atoms with Crippen molar-refractivity contribution in [3.05, 3.63) is 29.3 Å². The SMILES string of the molecule is COc1ccc(C)cc1C(C)NC1CCN(C(C)=O)CC1. The summed E-state index contributed by atoms with van der Waals surface area (Å²) in [6.45, 7) is 7.62. The zero-order valence-electron chi connectivity index (χ0n) is 13.5. The molecule has 0 saturated carbocycles. The second kappa shape index (κ2) is 6.94. The van der Waals surface area contributed by atoms with Crippen LogP contribution in [0.5, 0.6) is 5.75 Å². The van der Waals surface area contributed by atoms with E-state index in [9.17, 15) is 4.79 Å². The lowest BCUT2D eigenvalue weighted by Crippen LogP contribution is -2.44. The second-order valence-corrected chi connectivity index (χ2v) is 5.91. The summed E-state index contributed by atoms with van der Waals surface area (Å²) in [7, 11) is 1.71. The van der Waals surface area contributed by atoms with Crippen LogP contribution in [0.3, 0.4) is 0 Å². The molecule has 116 valence electrons. The van der Waals surface area contributed by atoms with E-state index in [2.05, 4.69) is 31.3 Å². The van der Waals surface area contributed by atoms with E-state index < -0.39 is 0 Å². The number of carbonyl (C=O) groups excluding carboxylic acids is 1. The number of amides is 1. The summed E-state index contributed by atoms with van der Waals surface area (Å²) >= 11 is 0. The fraction of sp³-hybridized carbons (Fsp3) is 0.588. The van der Waals surface area contributed by atoms with Crippen molar-refractivity contribution in [3.63, 3.8) is 0 Å². The molecule has 1 aliphatic heterocycles. The van der Waals surface area contributed by atoms with Crippen molar-refractivity contribution in [2.75, 3.05) is 20.2 Å². The molecule has 1 aliphatic rings. The van der Waals surface area contributed by atoms with Gasteiger partial charge in [0.25, 0.3) is 0 Å². The molecule has 1 heterocycles. The summed E-state index contributed by atoms with van der Waals surface area (Å²) in [5.74, 6) is 1.11. The van der Waals surface area contributed by atoms with Crippen LogP contribution in [0.15, 0.2) is 18.2 Å². The molecule has 1 aromatic rings. The number of rotatable bonds is 4. The lowest BCUT2D eigenvalue weighted by molar-refractivity contribution is -0.129. The highest BCUT2D eigenvalue weighted by atomic mass is 16.5. The van der Waals surface area contributed by atoms with Gasteiger partial charge in [0.15, 0.2) is 0 Å². The number of aryl methyl sites for hydroxylation is 1. The molecular formula is C17H26N2O2. The van der Waals surface area contributed by atoms with Crippen molar-refractivity contribution in [2.45, 2.75) is 45.7 Å². The highest BCUT2D eigenvalue weighted by Crippen LogP contribution is 2.27. The number of hydrogen-bond acceptors (Lipinski definition) is 3. The molecule has 21 heavy (non-hydrogen) atoms. The Bertz CT molecular complexity index is 494. The predicted octanol–water partition coefficient (Wildman–Crippen LogP) is 2.67.